The number of hydrogen-bond acceptors (Lipinski definition) is 8. The van der Waals surface area contributed by atoms with Crippen LogP contribution in [0.1, 0.15) is 121 Å². The molecule has 0 heterocycles. The Morgan fingerprint density at radius 2 is 1.00 bits per heavy atom. The summed E-state index contributed by atoms with van der Waals surface area (Å²) in [5.74, 6) is 1.58. The Balaban J connectivity index is 0.000000204. The van der Waals surface area contributed by atoms with Crippen LogP contribution >= 0.6 is 0 Å². The fraction of sp³-hybridized carbons (Fsp3) is 0.511. The van der Waals surface area contributed by atoms with Gasteiger partial charge < -0.3 is 28.4 Å². The third kappa shape index (κ3) is 10.6. The predicted octanol–water partition coefficient (Wildman–Crippen LogP) is 11.7. The molecule has 0 amide bonds. The smallest absolute Gasteiger partial charge is 0.497 e. The zero-order valence-corrected chi connectivity index (χ0v) is 32.2. The van der Waals surface area contributed by atoms with E-state index in [0.29, 0.717) is 26.1 Å². The Kier molecular flexibility index (Phi) is 14.7. The van der Waals surface area contributed by atoms with Crippen LogP contribution in [0, 0.1) is 0 Å². The van der Waals surface area contributed by atoms with Gasteiger partial charge in [-0.1, -0.05) is 55.5 Å². The largest absolute Gasteiger partial charge is 0.509 e. The molecule has 2 aromatic carbocycles. The molecule has 0 saturated heterocycles. The lowest BCUT2D eigenvalue weighted by Gasteiger charge is -2.36. The van der Waals surface area contributed by atoms with Gasteiger partial charge in [0.05, 0.1) is 27.4 Å². The second kappa shape index (κ2) is 19.6. The molecule has 0 aromatic heterocycles. The van der Waals surface area contributed by atoms with Crippen LogP contribution in [0.3, 0.4) is 0 Å². The van der Waals surface area contributed by atoms with Gasteiger partial charge in [0.15, 0.2) is 0 Å². The lowest BCUT2D eigenvalue weighted by molar-refractivity contribution is -0.0454. The van der Waals surface area contributed by atoms with Crippen molar-refractivity contribution in [3.05, 3.63) is 106 Å². The van der Waals surface area contributed by atoms with Crippen molar-refractivity contribution in [3.63, 3.8) is 0 Å². The van der Waals surface area contributed by atoms with Gasteiger partial charge in [-0.05, 0) is 148 Å². The van der Waals surface area contributed by atoms with Gasteiger partial charge >= 0.3 is 12.3 Å². The van der Waals surface area contributed by atoms with E-state index in [4.69, 9.17) is 28.4 Å². The maximum absolute atomic E-state index is 12.3. The van der Waals surface area contributed by atoms with Gasteiger partial charge in [-0.3, -0.25) is 0 Å². The maximum atomic E-state index is 12.3. The van der Waals surface area contributed by atoms with Crippen LogP contribution in [-0.2, 0) is 30.1 Å². The molecule has 4 aliphatic rings. The van der Waals surface area contributed by atoms with Crippen LogP contribution in [0.5, 0.6) is 11.5 Å². The average Bonchev–Trinajstić information content (AvgIpc) is 3.21. The minimum atomic E-state index is -0.671. The molecule has 0 bridgehead atoms. The van der Waals surface area contributed by atoms with Crippen molar-refractivity contribution in [2.45, 2.75) is 121 Å². The second-order valence-electron chi connectivity index (χ2n) is 14.2. The standard InChI is InChI=1S/C23H30O4.C22H28O4/c1-3-17-26-22(24)27-23(20-9-11-21(25-2)12-10-20)15-13-19(14-16-23)18-7-5-4-6-8-18;1-3-25-21(23)26-22(19-9-11-20(24-2)12-10-19)15-13-18(14-16-22)17-7-5-4-6-8-17/h7,9-13H,3-6,8,14-17H2,1-2H3;7,9-13H,3-6,8,14-16H2,1-2H3. The zero-order valence-electron chi connectivity index (χ0n) is 32.2. The summed E-state index contributed by atoms with van der Waals surface area (Å²) >= 11 is 0. The fourth-order valence-corrected chi connectivity index (χ4v) is 7.80. The summed E-state index contributed by atoms with van der Waals surface area (Å²) in [5.41, 5.74) is 6.44. The number of hydrogen-bond donors (Lipinski definition) is 0. The number of rotatable bonds is 11. The first-order valence-electron chi connectivity index (χ1n) is 19.6. The third-order valence-electron chi connectivity index (χ3n) is 10.8. The Bertz CT molecular complexity index is 1630. The summed E-state index contributed by atoms with van der Waals surface area (Å²) < 4.78 is 32.6. The van der Waals surface area contributed by atoms with E-state index in [1.807, 2.05) is 55.5 Å². The number of ether oxygens (including phenoxy) is 6. The Hall–Kier alpha value is -4.46. The van der Waals surface area contributed by atoms with E-state index in [1.54, 1.807) is 21.1 Å². The summed E-state index contributed by atoms with van der Waals surface area (Å²) in [6, 6.07) is 15.6. The highest BCUT2D eigenvalue weighted by Gasteiger charge is 2.40. The highest BCUT2D eigenvalue weighted by molar-refractivity contribution is 5.62. The van der Waals surface area contributed by atoms with Gasteiger partial charge in [0.25, 0.3) is 0 Å². The lowest BCUT2D eigenvalue weighted by Crippen LogP contribution is -2.34. The van der Waals surface area contributed by atoms with E-state index < -0.39 is 23.5 Å². The molecule has 2 atom stereocenters. The Labute approximate surface area is 316 Å². The first-order valence-corrected chi connectivity index (χ1v) is 19.6. The van der Waals surface area contributed by atoms with Crippen molar-refractivity contribution in [1.82, 2.24) is 0 Å². The monoisotopic (exact) mass is 726 g/mol. The summed E-state index contributed by atoms with van der Waals surface area (Å²) in [7, 11) is 3.30. The maximum Gasteiger partial charge on any atom is 0.509 e. The molecule has 0 aliphatic heterocycles. The quantitative estimate of drug-likeness (QED) is 0.211. The predicted molar refractivity (Wildman–Crippen MR) is 207 cm³/mol. The van der Waals surface area contributed by atoms with Crippen molar-refractivity contribution >= 4 is 12.3 Å². The van der Waals surface area contributed by atoms with Crippen LogP contribution in [0.2, 0.25) is 0 Å². The molecule has 0 N–H and O–H groups in total. The van der Waals surface area contributed by atoms with Crippen molar-refractivity contribution in [2.75, 3.05) is 27.4 Å². The molecule has 0 saturated carbocycles. The van der Waals surface area contributed by atoms with E-state index in [9.17, 15) is 9.59 Å². The van der Waals surface area contributed by atoms with E-state index in [0.717, 1.165) is 54.7 Å². The van der Waals surface area contributed by atoms with E-state index in [1.165, 1.54) is 73.7 Å². The third-order valence-corrected chi connectivity index (χ3v) is 10.8. The van der Waals surface area contributed by atoms with Crippen LogP contribution in [0.4, 0.5) is 9.59 Å². The van der Waals surface area contributed by atoms with Crippen LogP contribution in [-0.4, -0.2) is 39.7 Å². The highest BCUT2D eigenvalue weighted by atomic mass is 16.7. The number of carbonyl (C=O) groups is 2. The van der Waals surface area contributed by atoms with Crippen LogP contribution < -0.4 is 9.47 Å². The van der Waals surface area contributed by atoms with Gasteiger partial charge in [-0.15, -0.1) is 0 Å². The highest BCUT2D eigenvalue weighted by Crippen LogP contribution is 2.45. The normalized spacial score (nSPS) is 22.6. The van der Waals surface area contributed by atoms with E-state index in [2.05, 4.69) is 24.3 Å². The van der Waals surface area contributed by atoms with Crippen molar-refractivity contribution in [1.29, 1.82) is 0 Å². The number of carbonyl (C=O) groups excluding carboxylic acids is 2. The van der Waals surface area contributed by atoms with E-state index >= 15 is 0 Å². The summed E-state index contributed by atoms with van der Waals surface area (Å²) in [5, 5.41) is 0. The Morgan fingerprint density at radius 1 is 0.566 bits per heavy atom. The molecule has 0 spiro atoms. The molecule has 4 aliphatic carbocycles. The summed E-state index contributed by atoms with van der Waals surface area (Å²) in [6.07, 6.45) is 23.4. The van der Waals surface area contributed by atoms with E-state index in [-0.39, 0.29) is 0 Å². The summed E-state index contributed by atoms with van der Waals surface area (Å²) in [6.45, 7) is 4.45. The minimum absolute atomic E-state index is 0.311. The minimum Gasteiger partial charge on any atom is -0.497 e. The Morgan fingerprint density at radius 3 is 1.34 bits per heavy atom. The molecule has 0 radical (unpaired) electrons. The molecule has 8 nitrogen and oxygen atoms in total. The number of benzene rings is 2. The molecule has 286 valence electrons. The molecule has 0 fully saturated rings. The number of methoxy groups -OCH3 is 2. The fourth-order valence-electron chi connectivity index (χ4n) is 7.80. The van der Waals surface area contributed by atoms with Crippen molar-refractivity contribution in [3.8, 4) is 11.5 Å². The first kappa shape index (κ1) is 39.7. The van der Waals surface area contributed by atoms with Crippen molar-refractivity contribution in [2.24, 2.45) is 0 Å². The topological polar surface area (TPSA) is 89.5 Å². The molecule has 2 aromatic rings. The average molecular weight is 727 g/mol. The summed E-state index contributed by atoms with van der Waals surface area (Å²) in [4.78, 5) is 24.3. The van der Waals surface area contributed by atoms with Gasteiger partial charge in [0.2, 0.25) is 0 Å². The molecule has 2 unspecified atom stereocenters. The van der Waals surface area contributed by atoms with Crippen molar-refractivity contribution < 1.29 is 38.0 Å². The van der Waals surface area contributed by atoms with Gasteiger partial charge in [-0.2, -0.15) is 0 Å². The zero-order chi connectivity index (χ0) is 37.5. The SMILES string of the molecule is CCCOC(=O)OC1(c2ccc(OC)cc2)CC=C(C2=CCCCC2)CC1.CCOC(=O)OC1(c2ccc(OC)cc2)CC=C(C2=CCCCC2)CC1. The second-order valence-corrected chi connectivity index (χ2v) is 14.2. The lowest BCUT2D eigenvalue weighted by atomic mass is 9.77. The molecule has 53 heavy (non-hydrogen) atoms. The van der Waals surface area contributed by atoms with Crippen LogP contribution in [0.25, 0.3) is 0 Å². The first-order chi connectivity index (χ1) is 25.8. The van der Waals surface area contributed by atoms with Gasteiger partial charge in [0, 0.05) is 12.8 Å². The molecular formula is C45H58O8. The van der Waals surface area contributed by atoms with Gasteiger partial charge in [0.1, 0.15) is 22.7 Å². The molecule has 6 rings (SSSR count). The molecular weight excluding hydrogens is 668 g/mol. The van der Waals surface area contributed by atoms with Gasteiger partial charge in [-0.25, -0.2) is 9.59 Å². The number of allylic oxidation sites excluding steroid dienone is 6. The van der Waals surface area contributed by atoms with Crippen LogP contribution in [0.15, 0.2) is 95.1 Å². The molecule has 8 heteroatoms.